The highest BCUT2D eigenvalue weighted by atomic mass is 16.6. The predicted molar refractivity (Wildman–Crippen MR) is 102 cm³/mol. The van der Waals surface area contributed by atoms with E-state index >= 15 is 0 Å². The van der Waals surface area contributed by atoms with E-state index in [0.29, 0.717) is 25.1 Å². The van der Waals surface area contributed by atoms with Crippen LogP contribution in [0, 0.1) is 0 Å². The van der Waals surface area contributed by atoms with Crippen molar-refractivity contribution in [2.24, 2.45) is 0 Å². The number of amides is 2. The quantitative estimate of drug-likeness (QED) is 0.831. The second-order valence-electron chi connectivity index (χ2n) is 7.05. The lowest BCUT2D eigenvalue weighted by atomic mass is 10.1. The number of hydrogen-bond donors (Lipinski definition) is 2. The first-order valence-electron chi connectivity index (χ1n) is 8.71. The maximum Gasteiger partial charge on any atom is 0.407 e. The number of benzene rings is 2. The van der Waals surface area contributed by atoms with E-state index in [0.717, 1.165) is 11.1 Å². The molecule has 5 heteroatoms. The van der Waals surface area contributed by atoms with E-state index < -0.39 is 11.7 Å². The van der Waals surface area contributed by atoms with Crippen LogP contribution in [0.2, 0.25) is 0 Å². The average molecular weight is 354 g/mol. The summed E-state index contributed by atoms with van der Waals surface area (Å²) in [7, 11) is 0. The smallest absolute Gasteiger partial charge is 0.407 e. The Hall–Kier alpha value is -2.82. The minimum Gasteiger partial charge on any atom is -0.444 e. The number of ether oxygens (including phenoxy) is 1. The van der Waals surface area contributed by atoms with Gasteiger partial charge in [0.25, 0.3) is 5.91 Å². The summed E-state index contributed by atoms with van der Waals surface area (Å²) in [5.41, 5.74) is 2.13. The third-order valence-electron chi connectivity index (χ3n) is 3.57. The summed E-state index contributed by atoms with van der Waals surface area (Å²) in [6.07, 6.45) is 0.188. The molecule has 0 aliphatic rings. The highest BCUT2D eigenvalue weighted by molar-refractivity contribution is 5.94. The SMILES string of the molecule is CC(C)(C)OC(=O)NCCc1cccc(C(=O)NCc2ccccc2)c1. The van der Waals surface area contributed by atoms with Gasteiger partial charge in [-0.15, -0.1) is 0 Å². The molecule has 2 aromatic rings. The van der Waals surface area contributed by atoms with Crippen LogP contribution in [0.3, 0.4) is 0 Å². The van der Waals surface area contributed by atoms with Gasteiger partial charge in [-0.1, -0.05) is 42.5 Å². The van der Waals surface area contributed by atoms with Crippen LogP contribution >= 0.6 is 0 Å². The molecule has 0 atom stereocenters. The molecule has 2 N–H and O–H groups in total. The number of hydrogen-bond acceptors (Lipinski definition) is 3. The van der Waals surface area contributed by atoms with E-state index in [1.54, 1.807) is 6.07 Å². The van der Waals surface area contributed by atoms with Gasteiger partial charge in [0.05, 0.1) is 0 Å². The van der Waals surface area contributed by atoms with Crippen molar-refractivity contribution in [3.8, 4) is 0 Å². The molecule has 0 saturated heterocycles. The van der Waals surface area contributed by atoms with E-state index in [1.165, 1.54) is 0 Å². The summed E-state index contributed by atoms with van der Waals surface area (Å²) in [6, 6.07) is 17.2. The van der Waals surface area contributed by atoms with Gasteiger partial charge in [-0.05, 0) is 50.5 Å². The topological polar surface area (TPSA) is 67.4 Å². The van der Waals surface area contributed by atoms with Gasteiger partial charge in [0.1, 0.15) is 5.60 Å². The minimum atomic E-state index is -0.513. The maximum absolute atomic E-state index is 12.3. The normalized spacial score (nSPS) is 10.9. The van der Waals surface area contributed by atoms with Crippen molar-refractivity contribution in [1.29, 1.82) is 0 Å². The predicted octanol–water partition coefficient (Wildman–Crippen LogP) is 3.68. The van der Waals surface area contributed by atoms with Gasteiger partial charge in [0, 0.05) is 18.7 Å². The minimum absolute atomic E-state index is 0.115. The van der Waals surface area contributed by atoms with E-state index in [4.69, 9.17) is 4.74 Å². The van der Waals surface area contributed by atoms with Crippen molar-refractivity contribution < 1.29 is 14.3 Å². The van der Waals surface area contributed by atoms with Crippen molar-refractivity contribution in [1.82, 2.24) is 10.6 Å². The lowest BCUT2D eigenvalue weighted by molar-refractivity contribution is 0.0528. The zero-order valence-corrected chi connectivity index (χ0v) is 15.5. The highest BCUT2D eigenvalue weighted by Crippen LogP contribution is 2.08. The molecular formula is C21H26N2O3. The molecule has 2 rings (SSSR count). The molecule has 5 nitrogen and oxygen atoms in total. The van der Waals surface area contributed by atoms with E-state index in [2.05, 4.69) is 10.6 Å². The Kier molecular flexibility index (Phi) is 6.78. The van der Waals surface area contributed by atoms with Gasteiger partial charge < -0.3 is 15.4 Å². The van der Waals surface area contributed by atoms with Crippen LogP contribution in [0.15, 0.2) is 54.6 Å². The number of nitrogens with one attached hydrogen (secondary N) is 2. The van der Waals surface area contributed by atoms with Crippen LogP contribution in [0.25, 0.3) is 0 Å². The molecule has 0 heterocycles. The maximum atomic E-state index is 12.3. The summed E-state index contributed by atoms with van der Waals surface area (Å²) in [4.78, 5) is 24.0. The highest BCUT2D eigenvalue weighted by Gasteiger charge is 2.15. The zero-order chi connectivity index (χ0) is 19.0. The number of carbonyl (C=O) groups excluding carboxylic acids is 2. The van der Waals surface area contributed by atoms with Crippen LogP contribution in [0.5, 0.6) is 0 Å². The Bertz CT molecular complexity index is 736. The molecule has 0 saturated carbocycles. The summed E-state index contributed by atoms with van der Waals surface area (Å²) in [6.45, 7) is 6.41. The zero-order valence-electron chi connectivity index (χ0n) is 15.5. The molecular weight excluding hydrogens is 328 g/mol. The second kappa shape index (κ2) is 9.04. The Morgan fingerprint density at radius 2 is 1.62 bits per heavy atom. The molecule has 0 aliphatic carbocycles. The number of rotatable bonds is 6. The van der Waals surface area contributed by atoms with Crippen LogP contribution in [-0.4, -0.2) is 24.1 Å². The summed E-state index contributed by atoms with van der Waals surface area (Å²) < 4.78 is 5.20. The fraction of sp³-hybridized carbons (Fsp3) is 0.333. The van der Waals surface area contributed by atoms with Crippen LogP contribution in [0.4, 0.5) is 4.79 Å². The average Bonchev–Trinajstić information content (AvgIpc) is 2.59. The van der Waals surface area contributed by atoms with Crippen LogP contribution in [0.1, 0.15) is 42.3 Å². The fourth-order valence-corrected chi connectivity index (χ4v) is 2.37. The third kappa shape index (κ3) is 6.97. The molecule has 0 fully saturated rings. The summed E-state index contributed by atoms with van der Waals surface area (Å²) in [5.74, 6) is -0.115. The van der Waals surface area contributed by atoms with Gasteiger partial charge in [-0.2, -0.15) is 0 Å². The fourth-order valence-electron chi connectivity index (χ4n) is 2.37. The monoisotopic (exact) mass is 354 g/mol. The summed E-state index contributed by atoms with van der Waals surface area (Å²) >= 11 is 0. The molecule has 0 radical (unpaired) electrons. The molecule has 0 aliphatic heterocycles. The summed E-state index contributed by atoms with van der Waals surface area (Å²) in [5, 5.41) is 5.64. The lowest BCUT2D eigenvalue weighted by Crippen LogP contribution is -2.33. The molecule has 0 aromatic heterocycles. The molecule has 0 unspecified atom stereocenters. The van der Waals surface area contributed by atoms with Crippen molar-refractivity contribution in [3.05, 3.63) is 71.3 Å². The molecule has 26 heavy (non-hydrogen) atoms. The lowest BCUT2D eigenvalue weighted by Gasteiger charge is -2.19. The van der Waals surface area contributed by atoms with Gasteiger partial charge in [0.2, 0.25) is 0 Å². The van der Waals surface area contributed by atoms with Gasteiger partial charge in [-0.25, -0.2) is 4.79 Å². The second-order valence-corrected chi connectivity index (χ2v) is 7.05. The standard InChI is InChI=1S/C21H26N2O3/c1-21(2,3)26-20(25)22-13-12-16-10-7-11-18(14-16)19(24)23-15-17-8-5-4-6-9-17/h4-11,14H,12-13,15H2,1-3H3,(H,22,25)(H,23,24). The first kappa shape index (κ1) is 19.5. The van der Waals surface area contributed by atoms with Gasteiger partial charge >= 0.3 is 6.09 Å². The Labute approximate surface area is 154 Å². The Morgan fingerprint density at radius 1 is 0.923 bits per heavy atom. The van der Waals surface area contributed by atoms with E-state index in [1.807, 2.05) is 69.3 Å². The number of carbonyl (C=O) groups is 2. The van der Waals surface area contributed by atoms with Crippen molar-refractivity contribution in [2.45, 2.75) is 39.3 Å². The third-order valence-corrected chi connectivity index (χ3v) is 3.57. The van der Waals surface area contributed by atoms with Gasteiger partial charge in [0.15, 0.2) is 0 Å². The largest absolute Gasteiger partial charge is 0.444 e. The number of alkyl carbamates (subject to hydrolysis) is 1. The van der Waals surface area contributed by atoms with Gasteiger partial charge in [-0.3, -0.25) is 4.79 Å². The van der Waals surface area contributed by atoms with Crippen LogP contribution < -0.4 is 10.6 Å². The van der Waals surface area contributed by atoms with Crippen LogP contribution in [-0.2, 0) is 17.7 Å². The van der Waals surface area contributed by atoms with Crippen molar-refractivity contribution >= 4 is 12.0 Å². The van der Waals surface area contributed by atoms with Crippen molar-refractivity contribution in [3.63, 3.8) is 0 Å². The Balaban J connectivity index is 1.83. The first-order valence-corrected chi connectivity index (χ1v) is 8.71. The van der Waals surface area contributed by atoms with Crippen molar-refractivity contribution in [2.75, 3.05) is 6.54 Å². The first-order chi connectivity index (χ1) is 12.3. The van der Waals surface area contributed by atoms with E-state index in [-0.39, 0.29) is 5.91 Å². The Morgan fingerprint density at radius 3 is 2.31 bits per heavy atom. The molecule has 138 valence electrons. The molecule has 0 spiro atoms. The molecule has 2 aromatic carbocycles. The van der Waals surface area contributed by atoms with E-state index in [9.17, 15) is 9.59 Å². The molecule has 0 bridgehead atoms. The molecule has 2 amide bonds.